The summed E-state index contributed by atoms with van der Waals surface area (Å²) in [5.74, 6) is 0. The van der Waals surface area contributed by atoms with Crippen molar-refractivity contribution in [2.45, 2.75) is 91.5 Å². The number of sulfonamides is 2. The molecular weight excluding hydrogens is 978 g/mol. The van der Waals surface area contributed by atoms with Gasteiger partial charge in [-0.3, -0.25) is 0 Å². The average Bonchev–Trinajstić information content (AvgIpc) is 3.71. The number of hydrogen-bond donors (Lipinski definition) is 4. The quantitative estimate of drug-likeness (QED) is 0.117. The minimum absolute atomic E-state index is 0. The molecule has 4 aromatic rings. The lowest BCUT2D eigenvalue weighted by atomic mass is 9.63. The number of nitrogens with zero attached hydrogens (tertiary/aromatic N) is 1. The number of hydrogen-bond acceptors (Lipinski definition) is 7. The minimum atomic E-state index is -3.58. The van der Waals surface area contributed by atoms with Crippen LogP contribution in [0.4, 0.5) is 15.9 Å². The molecule has 2 aliphatic carbocycles. The Kier molecular flexibility index (Phi) is 15.9. The molecule has 324 valence electrons. The second-order valence-corrected chi connectivity index (χ2v) is 21.9. The molecule has 2 fully saturated rings. The van der Waals surface area contributed by atoms with Gasteiger partial charge in [-0.15, -0.1) is 0 Å². The number of rotatable bonds is 10. The Morgan fingerprint density at radius 3 is 1.65 bits per heavy atom. The van der Waals surface area contributed by atoms with E-state index >= 15 is 0 Å². The van der Waals surface area contributed by atoms with Crippen molar-refractivity contribution in [3.05, 3.63) is 139 Å². The molecular formula is C44H51Br2Cl2FN4O5S2. The summed E-state index contributed by atoms with van der Waals surface area (Å²) in [6.07, 6.45) is 7.60. The Morgan fingerprint density at radius 1 is 0.750 bits per heavy atom. The summed E-state index contributed by atoms with van der Waals surface area (Å²) in [5.41, 5.74) is 6.55. The molecule has 0 bridgehead atoms. The maximum atomic E-state index is 13.0. The smallest absolute Gasteiger partial charge is 0.242 e. The fourth-order valence-corrected chi connectivity index (χ4v) is 12.5. The Morgan fingerprint density at radius 2 is 1.18 bits per heavy atom. The summed E-state index contributed by atoms with van der Waals surface area (Å²) in [6, 6.07) is 25.6. The summed E-state index contributed by atoms with van der Waals surface area (Å²) in [7, 11) is -5.51. The first-order valence-corrected chi connectivity index (χ1v) is 24.5. The molecule has 0 amide bonds. The highest BCUT2D eigenvalue weighted by atomic mass is 79.9. The SMILES string of the molecule is C.C=C1CCC[C@@H]2Nc3ccc(Br)cc3[C@]12CCN(C)S(=O)(=O)c1ccc(Cl)cc1.C=C1CCC[C@@H]2Nc3ccc(Br)cc3[C@]12CCNS(=O)(=O)c1ccc(Cl)cc1.OF. The number of benzene rings is 4. The lowest BCUT2D eigenvalue weighted by molar-refractivity contribution is -0.0441. The molecule has 0 aromatic heterocycles. The third-order valence-electron chi connectivity index (χ3n) is 12.3. The van der Waals surface area contributed by atoms with E-state index < -0.39 is 20.0 Å². The molecule has 0 spiro atoms. The van der Waals surface area contributed by atoms with Crippen LogP contribution in [0.15, 0.2) is 128 Å². The molecule has 8 rings (SSSR count). The van der Waals surface area contributed by atoms with E-state index in [1.54, 1.807) is 43.4 Å². The van der Waals surface area contributed by atoms with Crippen LogP contribution in [0.5, 0.6) is 0 Å². The van der Waals surface area contributed by atoms with E-state index in [2.05, 4.69) is 84.6 Å². The van der Waals surface area contributed by atoms with Gasteiger partial charge in [0.25, 0.3) is 0 Å². The third kappa shape index (κ3) is 9.42. The molecule has 4 aliphatic rings. The number of nitrogens with one attached hydrogen (secondary N) is 3. The first-order chi connectivity index (χ1) is 28.1. The fourth-order valence-electron chi connectivity index (χ4n) is 9.31. The fraction of sp³-hybridized carbons (Fsp3) is 0.364. The largest absolute Gasteiger partial charge is 0.381 e. The van der Waals surface area contributed by atoms with Gasteiger partial charge in [-0.25, -0.2) is 31.2 Å². The second kappa shape index (κ2) is 19.7. The molecule has 2 aliphatic heterocycles. The highest BCUT2D eigenvalue weighted by molar-refractivity contribution is 9.10. The zero-order valence-electron chi connectivity index (χ0n) is 32.5. The predicted molar refractivity (Wildman–Crippen MR) is 250 cm³/mol. The van der Waals surface area contributed by atoms with E-state index in [1.165, 1.54) is 38.7 Å². The molecule has 0 unspecified atom stereocenters. The van der Waals surface area contributed by atoms with Crippen LogP contribution in [0.25, 0.3) is 0 Å². The zero-order valence-corrected chi connectivity index (χ0v) is 38.8. The minimum Gasteiger partial charge on any atom is -0.381 e. The Labute approximate surface area is 381 Å². The van der Waals surface area contributed by atoms with Crippen LogP contribution in [0, 0.1) is 0 Å². The Hall–Kier alpha value is -2.79. The van der Waals surface area contributed by atoms with Crippen molar-refractivity contribution >= 4 is 86.5 Å². The highest BCUT2D eigenvalue weighted by Crippen LogP contribution is 2.55. The van der Waals surface area contributed by atoms with E-state index in [0.717, 1.165) is 58.8 Å². The Balaban J connectivity index is 0.000000215. The van der Waals surface area contributed by atoms with E-state index in [0.29, 0.717) is 36.0 Å². The van der Waals surface area contributed by atoms with E-state index in [4.69, 9.17) is 33.0 Å². The average molecular weight is 1030 g/mol. The molecule has 0 saturated heterocycles. The summed E-state index contributed by atoms with van der Waals surface area (Å²) in [4.78, 5) is 0.481. The van der Waals surface area contributed by atoms with Crippen LogP contribution in [0.1, 0.15) is 69.9 Å². The number of fused-ring (bicyclic) bond motifs is 6. The molecule has 16 heteroatoms. The van der Waals surface area contributed by atoms with Gasteiger partial charge in [-0.05, 0) is 147 Å². The molecule has 4 N–H and O–H groups in total. The third-order valence-corrected chi connectivity index (χ3v) is 17.1. The first kappa shape index (κ1) is 48.2. The summed E-state index contributed by atoms with van der Waals surface area (Å²) in [5, 5.41) is 13.8. The van der Waals surface area contributed by atoms with Crippen LogP contribution in [-0.4, -0.2) is 58.7 Å². The summed E-state index contributed by atoms with van der Waals surface area (Å²) < 4.78 is 66.1. The van der Waals surface area contributed by atoms with Crippen molar-refractivity contribution in [3.8, 4) is 0 Å². The van der Waals surface area contributed by atoms with E-state index in [9.17, 15) is 16.8 Å². The highest BCUT2D eigenvalue weighted by Gasteiger charge is 2.51. The van der Waals surface area contributed by atoms with Crippen molar-refractivity contribution in [2.75, 3.05) is 30.8 Å². The van der Waals surface area contributed by atoms with Crippen LogP contribution in [-0.2, 0) is 30.9 Å². The van der Waals surface area contributed by atoms with Crippen molar-refractivity contribution in [2.24, 2.45) is 0 Å². The lowest BCUT2D eigenvalue weighted by Crippen LogP contribution is -2.45. The monoisotopic (exact) mass is 1030 g/mol. The molecule has 2 heterocycles. The molecule has 2 saturated carbocycles. The van der Waals surface area contributed by atoms with E-state index in [1.807, 2.05) is 12.1 Å². The van der Waals surface area contributed by atoms with Gasteiger partial charge in [-0.2, -0.15) is 0 Å². The second-order valence-electron chi connectivity index (χ2n) is 15.3. The van der Waals surface area contributed by atoms with Gasteiger partial charge in [0.2, 0.25) is 20.0 Å². The molecule has 60 heavy (non-hydrogen) atoms. The first-order valence-electron chi connectivity index (χ1n) is 19.2. The topological polar surface area (TPSA) is 128 Å². The lowest BCUT2D eigenvalue weighted by Gasteiger charge is -2.42. The van der Waals surface area contributed by atoms with Gasteiger partial charge in [0.15, 0.2) is 0 Å². The Bertz CT molecular complexity index is 2430. The standard InChI is InChI=1S/C22H24BrClN2O2S.C21H22BrClN2O2S.CH4.FHO/c1-15-4-3-5-21-22(15,19-14-16(23)6-11-20(19)25-21)12-13-26(2)29(27,28)18-9-7-17(24)8-10-18;1-14-3-2-4-20-21(14,18-13-15(22)5-10-19(18)25-20)11-12-24-28(26,27)17-8-6-16(23)7-9-17;;1-2/h6-11,14,21,25H,1,3-5,12-13H2,2H3;5-10,13,20,24-25H,1-4,11-12H2;1H4;2H/t21-,22-;20-,21-;;/m00../s1. The normalized spacial score (nSPS) is 22.6. The van der Waals surface area contributed by atoms with Crippen molar-refractivity contribution in [1.82, 2.24) is 9.03 Å². The van der Waals surface area contributed by atoms with Crippen LogP contribution in [0.3, 0.4) is 0 Å². The molecule has 9 nitrogen and oxygen atoms in total. The van der Waals surface area contributed by atoms with Crippen LogP contribution in [0.2, 0.25) is 10.0 Å². The zero-order chi connectivity index (χ0) is 42.8. The van der Waals surface area contributed by atoms with Gasteiger partial charge in [0, 0.05) is 73.4 Å². The maximum absolute atomic E-state index is 13.0. The van der Waals surface area contributed by atoms with Crippen LogP contribution < -0.4 is 15.4 Å². The summed E-state index contributed by atoms with van der Waals surface area (Å²) in [6.45, 7) is 9.57. The molecule has 4 atom stereocenters. The van der Waals surface area contributed by atoms with E-state index in [-0.39, 0.29) is 40.1 Å². The van der Waals surface area contributed by atoms with Crippen molar-refractivity contribution < 1.29 is 26.7 Å². The van der Waals surface area contributed by atoms with Gasteiger partial charge in [-0.1, -0.05) is 91.3 Å². The van der Waals surface area contributed by atoms with Gasteiger partial charge < -0.3 is 10.6 Å². The predicted octanol–water partition coefficient (Wildman–Crippen LogP) is 11.3. The molecule has 0 radical (unpaired) electrons. The van der Waals surface area contributed by atoms with Gasteiger partial charge in [0.05, 0.1) is 9.79 Å². The maximum Gasteiger partial charge on any atom is 0.242 e. The number of anilines is 2. The summed E-state index contributed by atoms with van der Waals surface area (Å²) >= 11 is 19.0. The van der Waals surface area contributed by atoms with Crippen molar-refractivity contribution in [1.29, 1.82) is 0 Å². The number of halogens is 5. The van der Waals surface area contributed by atoms with Crippen molar-refractivity contribution in [3.63, 3.8) is 0 Å². The van der Waals surface area contributed by atoms with Gasteiger partial charge >= 0.3 is 0 Å². The molecule has 4 aromatic carbocycles. The van der Waals surface area contributed by atoms with Gasteiger partial charge in [0.1, 0.15) is 0 Å². The van der Waals surface area contributed by atoms with Crippen LogP contribution >= 0.6 is 55.1 Å².